The molecule has 0 radical (unpaired) electrons. The van der Waals surface area contributed by atoms with E-state index in [9.17, 15) is 9.59 Å². The summed E-state index contributed by atoms with van der Waals surface area (Å²) in [5.74, 6) is -0.441. The van der Waals surface area contributed by atoms with Crippen LogP contribution in [-0.2, 0) is 16.0 Å². The fraction of sp³-hybridized carbons (Fsp3) is 0.211. The van der Waals surface area contributed by atoms with Gasteiger partial charge in [-0.1, -0.05) is 23.7 Å². The molecule has 0 unspecified atom stereocenters. The lowest BCUT2D eigenvalue weighted by molar-refractivity contribution is -0.119. The standard InChI is InChI=1S/C19H19ClN4O2/c1-24(13-19(26)23-17-8-4-15(20)5-9-17)12-18(25)22-16-6-2-14(3-7-16)10-11-21/h2-9H,10,12-13H2,1H3,(H,22,25)(H,23,26). The molecule has 0 bridgehead atoms. The summed E-state index contributed by atoms with van der Waals surface area (Å²) in [5.41, 5.74) is 2.19. The second-order valence-corrected chi connectivity index (χ2v) is 6.24. The number of amides is 2. The van der Waals surface area contributed by atoms with Gasteiger partial charge in [-0.2, -0.15) is 5.26 Å². The van der Waals surface area contributed by atoms with Crippen LogP contribution in [0.4, 0.5) is 11.4 Å². The van der Waals surface area contributed by atoms with Crippen LogP contribution in [0.2, 0.25) is 5.02 Å². The molecule has 2 N–H and O–H groups in total. The quantitative estimate of drug-likeness (QED) is 0.784. The second kappa shape index (κ2) is 9.56. The van der Waals surface area contributed by atoms with Crippen LogP contribution >= 0.6 is 11.6 Å². The maximum Gasteiger partial charge on any atom is 0.238 e. The monoisotopic (exact) mass is 370 g/mol. The Balaban J connectivity index is 1.78. The van der Waals surface area contributed by atoms with E-state index in [-0.39, 0.29) is 24.9 Å². The molecule has 0 heterocycles. The van der Waals surface area contributed by atoms with Crippen LogP contribution in [0, 0.1) is 11.3 Å². The smallest absolute Gasteiger partial charge is 0.238 e. The fourth-order valence-electron chi connectivity index (χ4n) is 2.28. The first-order valence-corrected chi connectivity index (χ1v) is 8.34. The highest BCUT2D eigenvalue weighted by molar-refractivity contribution is 6.30. The first-order valence-electron chi connectivity index (χ1n) is 7.96. The Kier molecular flexibility index (Phi) is 7.15. The average Bonchev–Trinajstić information content (AvgIpc) is 2.58. The molecular formula is C19H19ClN4O2. The predicted molar refractivity (Wildman–Crippen MR) is 102 cm³/mol. The molecule has 0 saturated heterocycles. The Bertz CT molecular complexity index is 798. The third-order valence-electron chi connectivity index (χ3n) is 3.48. The highest BCUT2D eigenvalue weighted by Crippen LogP contribution is 2.13. The number of hydrogen-bond acceptors (Lipinski definition) is 4. The van der Waals surface area contributed by atoms with E-state index in [0.29, 0.717) is 22.8 Å². The van der Waals surface area contributed by atoms with Crippen molar-refractivity contribution in [1.82, 2.24) is 4.90 Å². The molecule has 6 nitrogen and oxygen atoms in total. The number of nitrogens with one attached hydrogen (secondary N) is 2. The molecule has 0 aromatic heterocycles. The van der Waals surface area contributed by atoms with E-state index in [1.165, 1.54) is 0 Å². The first-order chi connectivity index (χ1) is 12.5. The Labute approximate surface area is 157 Å². The number of likely N-dealkylation sites (N-methyl/N-ethyl adjacent to an activating group) is 1. The molecule has 0 aliphatic rings. The van der Waals surface area contributed by atoms with E-state index in [1.54, 1.807) is 60.5 Å². The largest absolute Gasteiger partial charge is 0.325 e. The Morgan fingerprint density at radius 3 is 1.88 bits per heavy atom. The number of anilines is 2. The number of hydrogen-bond donors (Lipinski definition) is 2. The lowest BCUT2D eigenvalue weighted by Gasteiger charge is -2.16. The summed E-state index contributed by atoms with van der Waals surface area (Å²) in [5, 5.41) is 14.7. The van der Waals surface area contributed by atoms with Crippen molar-refractivity contribution in [2.45, 2.75) is 6.42 Å². The molecule has 2 aromatic carbocycles. The van der Waals surface area contributed by atoms with Crippen molar-refractivity contribution in [3.05, 3.63) is 59.1 Å². The molecule has 0 atom stereocenters. The fourth-order valence-corrected chi connectivity index (χ4v) is 2.40. The molecule has 2 aromatic rings. The van der Waals surface area contributed by atoms with E-state index < -0.39 is 0 Å². The number of nitriles is 1. The summed E-state index contributed by atoms with van der Waals surface area (Å²) >= 11 is 5.80. The van der Waals surface area contributed by atoms with Gasteiger partial charge in [0.15, 0.2) is 0 Å². The molecule has 0 aliphatic heterocycles. The Morgan fingerprint density at radius 1 is 0.962 bits per heavy atom. The minimum atomic E-state index is -0.222. The lowest BCUT2D eigenvalue weighted by Crippen LogP contribution is -2.36. The molecule has 0 spiro atoms. The van der Waals surface area contributed by atoms with Crippen molar-refractivity contribution in [2.75, 3.05) is 30.8 Å². The molecule has 7 heteroatoms. The normalized spacial score (nSPS) is 10.2. The topological polar surface area (TPSA) is 85.2 Å². The van der Waals surface area contributed by atoms with Crippen LogP contribution in [-0.4, -0.2) is 36.9 Å². The predicted octanol–water partition coefficient (Wildman–Crippen LogP) is 2.92. The number of benzene rings is 2. The molecule has 0 aliphatic carbocycles. The maximum atomic E-state index is 12.1. The summed E-state index contributed by atoms with van der Waals surface area (Å²) in [6, 6.07) is 16.0. The van der Waals surface area contributed by atoms with Gasteiger partial charge in [-0.05, 0) is 49.0 Å². The summed E-state index contributed by atoms with van der Waals surface area (Å²) in [6.07, 6.45) is 0.333. The molecule has 0 fully saturated rings. The zero-order chi connectivity index (χ0) is 18.9. The van der Waals surface area contributed by atoms with Gasteiger partial charge in [-0.15, -0.1) is 0 Å². The van der Waals surface area contributed by atoms with Crippen molar-refractivity contribution in [3.8, 4) is 6.07 Å². The van der Waals surface area contributed by atoms with Gasteiger partial charge in [-0.3, -0.25) is 14.5 Å². The number of carbonyl (C=O) groups excluding carboxylic acids is 2. The third-order valence-corrected chi connectivity index (χ3v) is 3.73. The molecule has 134 valence electrons. The van der Waals surface area contributed by atoms with E-state index >= 15 is 0 Å². The van der Waals surface area contributed by atoms with Crippen LogP contribution in [0.15, 0.2) is 48.5 Å². The molecule has 0 saturated carbocycles. The summed E-state index contributed by atoms with van der Waals surface area (Å²) in [7, 11) is 1.69. The lowest BCUT2D eigenvalue weighted by atomic mass is 10.1. The zero-order valence-electron chi connectivity index (χ0n) is 14.3. The molecule has 26 heavy (non-hydrogen) atoms. The van der Waals surface area contributed by atoms with Crippen molar-refractivity contribution in [3.63, 3.8) is 0 Å². The van der Waals surface area contributed by atoms with Gasteiger partial charge < -0.3 is 10.6 Å². The van der Waals surface area contributed by atoms with E-state index in [2.05, 4.69) is 16.7 Å². The summed E-state index contributed by atoms with van der Waals surface area (Å²) in [4.78, 5) is 25.7. The third kappa shape index (κ3) is 6.55. The van der Waals surface area contributed by atoms with Gasteiger partial charge in [0.2, 0.25) is 11.8 Å². The van der Waals surface area contributed by atoms with E-state index in [0.717, 1.165) is 5.56 Å². The summed E-state index contributed by atoms with van der Waals surface area (Å²) < 4.78 is 0. The highest BCUT2D eigenvalue weighted by atomic mass is 35.5. The van der Waals surface area contributed by atoms with Crippen molar-refractivity contribution >= 4 is 34.8 Å². The molecule has 2 rings (SSSR count). The number of halogens is 1. The first kappa shape index (κ1) is 19.4. The molecular weight excluding hydrogens is 352 g/mol. The van der Waals surface area contributed by atoms with Crippen LogP contribution < -0.4 is 10.6 Å². The second-order valence-electron chi connectivity index (χ2n) is 5.81. The van der Waals surface area contributed by atoms with Crippen LogP contribution in [0.5, 0.6) is 0 Å². The number of nitrogens with zero attached hydrogens (tertiary/aromatic N) is 2. The minimum Gasteiger partial charge on any atom is -0.325 e. The highest BCUT2D eigenvalue weighted by Gasteiger charge is 2.11. The van der Waals surface area contributed by atoms with Gasteiger partial charge in [0.25, 0.3) is 0 Å². The van der Waals surface area contributed by atoms with Gasteiger partial charge in [-0.25, -0.2) is 0 Å². The Hall–Kier alpha value is -2.88. The van der Waals surface area contributed by atoms with Crippen LogP contribution in [0.25, 0.3) is 0 Å². The van der Waals surface area contributed by atoms with E-state index in [1.807, 2.05) is 0 Å². The van der Waals surface area contributed by atoms with Crippen molar-refractivity contribution in [2.24, 2.45) is 0 Å². The van der Waals surface area contributed by atoms with Crippen molar-refractivity contribution < 1.29 is 9.59 Å². The SMILES string of the molecule is CN(CC(=O)Nc1ccc(Cl)cc1)CC(=O)Nc1ccc(CC#N)cc1. The Morgan fingerprint density at radius 2 is 1.42 bits per heavy atom. The van der Waals surface area contributed by atoms with Gasteiger partial charge in [0.05, 0.1) is 25.6 Å². The number of carbonyl (C=O) groups is 2. The van der Waals surface area contributed by atoms with Crippen LogP contribution in [0.3, 0.4) is 0 Å². The number of rotatable bonds is 7. The van der Waals surface area contributed by atoms with Gasteiger partial charge >= 0.3 is 0 Å². The van der Waals surface area contributed by atoms with E-state index in [4.69, 9.17) is 16.9 Å². The summed E-state index contributed by atoms with van der Waals surface area (Å²) in [6.45, 7) is 0.158. The minimum absolute atomic E-state index is 0.0774. The van der Waals surface area contributed by atoms with Crippen molar-refractivity contribution in [1.29, 1.82) is 5.26 Å². The van der Waals surface area contributed by atoms with Gasteiger partial charge in [0.1, 0.15) is 0 Å². The van der Waals surface area contributed by atoms with Gasteiger partial charge in [0, 0.05) is 16.4 Å². The molecule has 2 amide bonds. The maximum absolute atomic E-state index is 12.1. The average molecular weight is 371 g/mol. The zero-order valence-corrected chi connectivity index (χ0v) is 15.1. The van der Waals surface area contributed by atoms with Crippen LogP contribution in [0.1, 0.15) is 5.56 Å².